The minimum absolute atomic E-state index is 0.00512. The minimum atomic E-state index is -1.47. The highest BCUT2D eigenvalue weighted by molar-refractivity contribution is 5.92. The number of cyclic esters (lactones) is 1. The summed E-state index contributed by atoms with van der Waals surface area (Å²) in [6.45, 7) is 1.11. The van der Waals surface area contributed by atoms with Crippen LogP contribution in [0.3, 0.4) is 0 Å². The van der Waals surface area contributed by atoms with Crippen molar-refractivity contribution >= 4 is 29.2 Å². The van der Waals surface area contributed by atoms with Crippen LogP contribution in [0.25, 0.3) is 0 Å². The molecule has 3 rings (SSSR count). The van der Waals surface area contributed by atoms with Crippen molar-refractivity contribution in [1.82, 2.24) is 5.32 Å². The number of nitrogens with one attached hydrogen (secondary N) is 1. The summed E-state index contributed by atoms with van der Waals surface area (Å²) in [5, 5.41) is 2.45. The summed E-state index contributed by atoms with van der Waals surface area (Å²) >= 11 is 0. The van der Waals surface area contributed by atoms with Crippen LogP contribution in [-0.2, 0) is 14.3 Å². The molecule has 1 aromatic rings. The molecule has 1 atom stereocenters. The SMILES string of the molecule is CC(=O)NC[C@H]1CN(c2cc(F)c(N3C=CC(=O)CC3)c(F)c2F)C(=O)O1. The molecule has 1 fully saturated rings. The second kappa shape index (κ2) is 7.29. The Labute approximate surface area is 152 Å². The van der Waals surface area contributed by atoms with Gasteiger partial charge >= 0.3 is 6.09 Å². The number of amides is 2. The molecule has 10 heteroatoms. The van der Waals surface area contributed by atoms with Gasteiger partial charge in [-0.25, -0.2) is 18.0 Å². The van der Waals surface area contributed by atoms with E-state index in [1.807, 2.05) is 0 Å². The molecule has 0 bridgehead atoms. The number of nitrogens with zero attached hydrogens (tertiary/aromatic N) is 2. The normalized spacial score (nSPS) is 19.5. The third-order valence-corrected chi connectivity index (χ3v) is 4.19. The third-order valence-electron chi connectivity index (χ3n) is 4.19. The number of halogens is 3. The number of hydrogen-bond donors (Lipinski definition) is 1. The van der Waals surface area contributed by atoms with Crippen molar-refractivity contribution in [2.75, 3.05) is 29.4 Å². The molecule has 1 aromatic carbocycles. The van der Waals surface area contributed by atoms with Crippen molar-refractivity contribution in [1.29, 1.82) is 0 Å². The monoisotopic (exact) mass is 383 g/mol. The molecule has 144 valence electrons. The lowest BCUT2D eigenvalue weighted by Crippen LogP contribution is -2.33. The molecule has 27 heavy (non-hydrogen) atoms. The number of ether oxygens (including phenoxy) is 1. The number of hydrogen-bond acceptors (Lipinski definition) is 5. The van der Waals surface area contributed by atoms with Gasteiger partial charge in [0.2, 0.25) is 5.91 Å². The highest BCUT2D eigenvalue weighted by Gasteiger charge is 2.36. The van der Waals surface area contributed by atoms with Crippen LogP contribution in [0.2, 0.25) is 0 Å². The van der Waals surface area contributed by atoms with Gasteiger partial charge in [0.05, 0.1) is 18.8 Å². The quantitative estimate of drug-likeness (QED) is 0.803. The molecule has 0 unspecified atom stereocenters. The molecule has 0 radical (unpaired) electrons. The van der Waals surface area contributed by atoms with Crippen molar-refractivity contribution in [2.45, 2.75) is 19.4 Å². The van der Waals surface area contributed by atoms with Crippen LogP contribution < -0.4 is 15.1 Å². The molecule has 1 N–H and O–H groups in total. The second-order valence-electron chi connectivity index (χ2n) is 6.13. The Morgan fingerprint density at radius 1 is 1.30 bits per heavy atom. The molecule has 0 spiro atoms. The Morgan fingerprint density at radius 2 is 2.04 bits per heavy atom. The Bertz CT molecular complexity index is 843. The van der Waals surface area contributed by atoms with Crippen molar-refractivity contribution in [2.24, 2.45) is 0 Å². The predicted octanol–water partition coefficient (Wildman–Crippen LogP) is 1.86. The summed E-state index contributed by atoms with van der Waals surface area (Å²) in [7, 11) is 0. The molecule has 0 aromatic heterocycles. The number of ketones is 1. The Balaban J connectivity index is 1.87. The summed E-state index contributed by atoms with van der Waals surface area (Å²) in [5.41, 5.74) is -1.23. The van der Waals surface area contributed by atoms with Gasteiger partial charge in [0.1, 0.15) is 11.8 Å². The van der Waals surface area contributed by atoms with E-state index in [-0.39, 0.29) is 37.7 Å². The number of allylic oxidation sites excluding steroid dienone is 1. The maximum atomic E-state index is 14.6. The Kier molecular flexibility index (Phi) is 5.06. The number of rotatable bonds is 4. The molecule has 7 nitrogen and oxygen atoms in total. The number of benzene rings is 1. The first-order valence-corrected chi connectivity index (χ1v) is 8.15. The third kappa shape index (κ3) is 3.74. The van der Waals surface area contributed by atoms with Crippen LogP contribution in [0.5, 0.6) is 0 Å². The topological polar surface area (TPSA) is 79.0 Å². The number of carbonyl (C=O) groups excluding carboxylic acids is 3. The van der Waals surface area contributed by atoms with Gasteiger partial charge in [-0.2, -0.15) is 0 Å². The first-order valence-electron chi connectivity index (χ1n) is 8.15. The van der Waals surface area contributed by atoms with Gasteiger partial charge in [-0.05, 0) is 6.08 Å². The predicted molar refractivity (Wildman–Crippen MR) is 88.7 cm³/mol. The number of carbonyl (C=O) groups is 3. The van der Waals surface area contributed by atoms with Crippen LogP contribution >= 0.6 is 0 Å². The highest BCUT2D eigenvalue weighted by atomic mass is 19.2. The van der Waals surface area contributed by atoms with E-state index < -0.39 is 41.0 Å². The van der Waals surface area contributed by atoms with Gasteiger partial charge in [-0.15, -0.1) is 0 Å². The van der Waals surface area contributed by atoms with Crippen LogP contribution in [0.15, 0.2) is 18.3 Å². The maximum absolute atomic E-state index is 14.6. The van der Waals surface area contributed by atoms with Crippen molar-refractivity contribution in [3.05, 3.63) is 35.8 Å². The summed E-state index contributed by atoms with van der Waals surface area (Å²) in [6, 6.07) is 0.708. The fraction of sp³-hybridized carbons (Fsp3) is 0.353. The first kappa shape index (κ1) is 18.7. The van der Waals surface area contributed by atoms with Gasteiger partial charge in [0.15, 0.2) is 23.2 Å². The number of anilines is 2. The van der Waals surface area contributed by atoms with Crippen LogP contribution in [0, 0.1) is 17.5 Å². The summed E-state index contributed by atoms with van der Waals surface area (Å²) in [6.07, 6.45) is 0.627. The molecular weight excluding hydrogens is 367 g/mol. The van der Waals surface area contributed by atoms with Gasteiger partial charge in [0.25, 0.3) is 0 Å². The zero-order chi connectivity index (χ0) is 19.7. The van der Waals surface area contributed by atoms with E-state index >= 15 is 0 Å². The fourth-order valence-corrected chi connectivity index (χ4v) is 2.86. The summed E-state index contributed by atoms with van der Waals surface area (Å²) < 4.78 is 48.6. The van der Waals surface area contributed by atoms with Crippen molar-refractivity contribution in [3.63, 3.8) is 0 Å². The molecule has 2 aliphatic rings. The molecule has 0 saturated carbocycles. The van der Waals surface area contributed by atoms with Gasteiger partial charge < -0.3 is 15.0 Å². The zero-order valence-corrected chi connectivity index (χ0v) is 14.3. The van der Waals surface area contributed by atoms with E-state index in [4.69, 9.17) is 4.74 Å². The maximum Gasteiger partial charge on any atom is 0.414 e. The molecule has 2 aliphatic heterocycles. The minimum Gasteiger partial charge on any atom is -0.442 e. The first-order chi connectivity index (χ1) is 12.8. The average molecular weight is 383 g/mol. The molecule has 0 aliphatic carbocycles. The van der Waals surface area contributed by atoms with E-state index in [0.29, 0.717) is 6.07 Å². The van der Waals surface area contributed by atoms with E-state index in [2.05, 4.69) is 5.32 Å². The second-order valence-corrected chi connectivity index (χ2v) is 6.13. The average Bonchev–Trinajstić information content (AvgIpc) is 2.98. The molecule has 1 saturated heterocycles. The van der Waals surface area contributed by atoms with Crippen molar-refractivity contribution in [3.8, 4) is 0 Å². The largest absolute Gasteiger partial charge is 0.442 e. The van der Waals surface area contributed by atoms with E-state index in [1.165, 1.54) is 13.1 Å². The van der Waals surface area contributed by atoms with Crippen LogP contribution in [-0.4, -0.2) is 43.5 Å². The zero-order valence-electron chi connectivity index (χ0n) is 14.3. The van der Waals surface area contributed by atoms with E-state index in [1.54, 1.807) is 0 Å². The molecule has 2 heterocycles. The molecular formula is C17H16F3N3O4. The smallest absolute Gasteiger partial charge is 0.414 e. The lowest BCUT2D eigenvalue weighted by molar-refractivity contribution is -0.119. The standard InChI is InChI=1S/C17H16F3N3O4/c1-9(24)21-7-11-8-23(17(26)27-11)13-6-12(18)16(15(20)14(13)19)22-4-2-10(25)3-5-22/h2,4,6,11H,3,5,7-8H2,1H3,(H,21,24)/t11-/m0/s1. The van der Waals surface area contributed by atoms with Crippen LogP contribution in [0.4, 0.5) is 29.3 Å². The Hall–Kier alpha value is -3.04. The fourth-order valence-electron chi connectivity index (χ4n) is 2.86. The van der Waals surface area contributed by atoms with E-state index in [0.717, 1.165) is 15.9 Å². The van der Waals surface area contributed by atoms with Gasteiger partial charge in [-0.3, -0.25) is 14.5 Å². The lowest BCUT2D eigenvalue weighted by Gasteiger charge is -2.25. The van der Waals surface area contributed by atoms with Gasteiger partial charge in [-0.1, -0.05) is 0 Å². The molecule has 2 amide bonds. The lowest BCUT2D eigenvalue weighted by atomic mass is 10.1. The summed E-state index contributed by atoms with van der Waals surface area (Å²) in [4.78, 5) is 36.0. The highest BCUT2D eigenvalue weighted by Crippen LogP contribution is 2.35. The van der Waals surface area contributed by atoms with Crippen LogP contribution in [0.1, 0.15) is 13.3 Å². The summed E-state index contributed by atoms with van der Waals surface area (Å²) in [5.74, 6) is -4.50. The Morgan fingerprint density at radius 3 is 2.67 bits per heavy atom. The van der Waals surface area contributed by atoms with Crippen molar-refractivity contribution < 1.29 is 32.3 Å². The van der Waals surface area contributed by atoms with Gasteiger partial charge in [0, 0.05) is 32.2 Å². The van der Waals surface area contributed by atoms with E-state index in [9.17, 15) is 27.6 Å².